The van der Waals surface area contributed by atoms with E-state index < -0.39 is 0 Å². The number of aromatic nitrogens is 3. The number of nitrogens with zero attached hydrogens (tertiary/aromatic N) is 5. The van der Waals surface area contributed by atoms with Gasteiger partial charge in [-0.15, -0.1) is 0 Å². The molecule has 2 aliphatic heterocycles. The summed E-state index contributed by atoms with van der Waals surface area (Å²) in [5.41, 5.74) is 6.47. The van der Waals surface area contributed by atoms with Gasteiger partial charge >= 0.3 is 0 Å². The number of piperidine rings is 1. The summed E-state index contributed by atoms with van der Waals surface area (Å²) < 4.78 is 0.957. The molecule has 0 saturated carbocycles. The van der Waals surface area contributed by atoms with Gasteiger partial charge in [0.25, 0.3) is 0 Å². The van der Waals surface area contributed by atoms with E-state index in [4.69, 9.17) is 4.98 Å². The van der Waals surface area contributed by atoms with Gasteiger partial charge in [-0.2, -0.15) is 0 Å². The summed E-state index contributed by atoms with van der Waals surface area (Å²) in [6.07, 6.45) is 4.13. The molecule has 0 atom stereocenters. The molecule has 2 aromatic heterocycles. The zero-order valence-electron chi connectivity index (χ0n) is 21.3. The quantitative estimate of drug-likeness (QED) is 0.338. The van der Waals surface area contributed by atoms with E-state index in [1.54, 1.807) is 0 Å². The molecule has 0 bridgehead atoms. The maximum Gasteiger partial charge on any atom is 0.159 e. The summed E-state index contributed by atoms with van der Waals surface area (Å²) in [6, 6.07) is 20.0. The van der Waals surface area contributed by atoms with Crippen LogP contribution < -0.4 is 10.2 Å². The molecule has 8 heteroatoms. The second-order valence-corrected chi connectivity index (χ2v) is 11.1. The lowest BCUT2D eigenvalue weighted by molar-refractivity contribution is 0.250. The van der Waals surface area contributed by atoms with Gasteiger partial charge in [-0.1, -0.05) is 30.3 Å². The van der Waals surface area contributed by atoms with Crippen LogP contribution in [0.25, 0.3) is 22.6 Å². The predicted molar refractivity (Wildman–Crippen MR) is 155 cm³/mol. The van der Waals surface area contributed by atoms with E-state index in [-0.39, 0.29) is 0 Å². The summed E-state index contributed by atoms with van der Waals surface area (Å²) in [4.78, 5) is 20.4. The van der Waals surface area contributed by atoms with E-state index in [2.05, 4.69) is 108 Å². The maximum atomic E-state index is 4.97. The fraction of sp³-hybridized carbons (Fsp3) is 0.379. The molecule has 2 aliphatic rings. The third-order valence-electron chi connectivity index (χ3n) is 7.66. The van der Waals surface area contributed by atoms with Crippen LogP contribution in [0.3, 0.4) is 0 Å². The van der Waals surface area contributed by atoms with Crippen molar-refractivity contribution in [2.75, 3.05) is 56.5 Å². The molecule has 0 radical (unpaired) electrons. The standard InChI is InChI=1S/C29H34BrN7/c1-35-13-11-23(12-14-35)32-26-25(30)19-31-29-27(26)33-28(34-29)22-7-9-24(10-8-22)37-17-15-36(16-18-37)20-21-5-3-2-4-6-21/h2-10,19,23H,11-18,20H2,1H3,(H2,31,32,33,34). The van der Waals surface area contributed by atoms with Gasteiger partial charge in [-0.05, 0) is 78.7 Å². The zero-order valence-corrected chi connectivity index (χ0v) is 22.9. The molecule has 0 unspecified atom stereocenters. The second kappa shape index (κ2) is 10.8. The van der Waals surface area contributed by atoms with E-state index in [9.17, 15) is 0 Å². The molecule has 0 aliphatic carbocycles. The smallest absolute Gasteiger partial charge is 0.159 e. The first-order valence-electron chi connectivity index (χ1n) is 13.2. The van der Waals surface area contributed by atoms with Crippen LogP contribution in [0.4, 0.5) is 11.4 Å². The molecule has 2 fully saturated rings. The molecular weight excluding hydrogens is 526 g/mol. The molecule has 7 nitrogen and oxygen atoms in total. The van der Waals surface area contributed by atoms with Crippen LogP contribution in [-0.4, -0.2) is 77.1 Å². The minimum absolute atomic E-state index is 0.450. The lowest BCUT2D eigenvalue weighted by Crippen LogP contribution is -2.45. The van der Waals surface area contributed by atoms with Crippen molar-refractivity contribution < 1.29 is 0 Å². The Labute approximate surface area is 227 Å². The Morgan fingerprint density at radius 1 is 0.946 bits per heavy atom. The van der Waals surface area contributed by atoms with Crippen molar-refractivity contribution in [2.24, 2.45) is 0 Å². The molecule has 4 aromatic rings. The average molecular weight is 561 g/mol. The van der Waals surface area contributed by atoms with Gasteiger partial charge in [-0.25, -0.2) is 9.97 Å². The molecule has 2 saturated heterocycles. The van der Waals surface area contributed by atoms with E-state index >= 15 is 0 Å². The van der Waals surface area contributed by atoms with Gasteiger partial charge in [0.05, 0.1) is 10.2 Å². The van der Waals surface area contributed by atoms with E-state index in [0.717, 1.165) is 91.4 Å². The topological polar surface area (TPSA) is 63.3 Å². The van der Waals surface area contributed by atoms with Crippen molar-refractivity contribution in [1.29, 1.82) is 0 Å². The van der Waals surface area contributed by atoms with Gasteiger partial charge in [0, 0.05) is 56.2 Å². The SMILES string of the molecule is CN1CCC(Nc2c(Br)cnc3[nH]c(-c4ccc(N5CCN(Cc6ccccc6)CC5)cc4)nc23)CC1. The third-order valence-corrected chi connectivity index (χ3v) is 8.26. The molecular formula is C29H34BrN7. The normalized spacial score (nSPS) is 17.9. The van der Waals surface area contributed by atoms with E-state index in [1.807, 2.05) is 6.20 Å². The second-order valence-electron chi connectivity index (χ2n) is 10.3. The predicted octanol–water partition coefficient (Wildman–Crippen LogP) is 5.22. The number of pyridine rings is 1. The lowest BCUT2D eigenvalue weighted by Gasteiger charge is -2.36. The highest BCUT2D eigenvalue weighted by Crippen LogP contribution is 2.33. The average Bonchev–Trinajstić information content (AvgIpc) is 3.37. The van der Waals surface area contributed by atoms with E-state index in [1.165, 1.54) is 11.3 Å². The molecule has 4 heterocycles. The first-order chi connectivity index (χ1) is 18.1. The largest absolute Gasteiger partial charge is 0.379 e. The Bertz CT molecular complexity index is 1320. The Morgan fingerprint density at radius 2 is 1.68 bits per heavy atom. The Hall–Kier alpha value is -2.94. The van der Waals surface area contributed by atoms with Crippen molar-refractivity contribution in [3.63, 3.8) is 0 Å². The molecule has 0 spiro atoms. The van der Waals surface area contributed by atoms with Crippen molar-refractivity contribution in [3.8, 4) is 11.4 Å². The number of hydrogen-bond acceptors (Lipinski definition) is 6. The van der Waals surface area contributed by atoms with Gasteiger partial charge < -0.3 is 20.1 Å². The number of rotatable bonds is 6. The third kappa shape index (κ3) is 5.51. The van der Waals surface area contributed by atoms with Crippen LogP contribution >= 0.6 is 15.9 Å². The Morgan fingerprint density at radius 3 is 2.41 bits per heavy atom. The minimum atomic E-state index is 0.450. The first-order valence-corrected chi connectivity index (χ1v) is 14.0. The van der Waals surface area contributed by atoms with E-state index in [0.29, 0.717) is 6.04 Å². The summed E-state index contributed by atoms with van der Waals surface area (Å²) >= 11 is 3.70. The number of likely N-dealkylation sites (tertiary alicyclic amines) is 1. The molecule has 192 valence electrons. The number of nitrogens with one attached hydrogen (secondary N) is 2. The zero-order chi connectivity index (χ0) is 25.2. The van der Waals surface area contributed by atoms with Crippen LogP contribution in [0.5, 0.6) is 0 Å². The maximum absolute atomic E-state index is 4.97. The molecule has 2 N–H and O–H groups in total. The van der Waals surface area contributed by atoms with Crippen LogP contribution in [-0.2, 0) is 6.54 Å². The Kier molecular flexibility index (Phi) is 7.13. The fourth-order valence-electron chi connectivity index (χ4n) is 5.40. The monoisotopic (exact) mass is 559 g/mol. The highest BCUT2D eigenvalue weighted by molar-refractivity contribution is 9.10. The molecule has 0 amide bonds. The minimum Gasteiger partial charge on any atom is -0.379 e. The van der Waals surface area contributed by atoms with Crippen LogP contribution in [0.2, 0.25) is 0 Å². The van der Waals surface area contributed by atoms with Gasteiger partial charge in [0.15, 0.2) is 5.65 Å². The summed E-state index contributed by atoms with van der Waals surface area (Å²) in [7, 11) is 2.19. The summed E-state index contributed by atoms with van der Waals surface area (Å²) in [6.45, 7) is 7.50. The number of anilines is 2. The Balaban J connectivity index is 1.13. The number of halogens is 1. The summed E-state index contributed by atoms with van der Waals surface area (Å²) in [5, 5.41) is 3.74. The van der Waals surface area contributed by atoms with Crippen LogP contribution in [0, 0.1) is 0 Å². The molecule has 6 rings (SSSR count). The fourth-order valence-corrected chi connectivity index (χ4v) is 5.80. The number of H-pyrrole nitrogens is 1. The van der Waals surface area contributed by atoms with Gasteiger partial charge in [0.1, 0.15) is 11.3 Å². The number of fused-ring (bicyclic) bond motifs is 1. The first kappa shape index (κ1) is 24.4. The van der Waals surface area contributed by atoms with Crippen molar-refractivity contribution >= 4 is 38.5 Å². The summed E-state index contributed by atoms with van der Waals surface area (Å²) in [5.74, 6) is 0.853. The van der Waals surface area contributed by atoms with Crippen molar-refractivity contribution in [3.05, 3.63) is 70.8 Å². The van der Waals surface area contributed by atoms with Gasteiger partial charge in [-0.3, -0.25) is 4.90 Å². The number of hydrogen-bond donors (Lipinski definition) is 2. The van der Waals surface area contributed by atoms with Crippen molar-refractivity contribution in [1.82, 2.24) is 24.8 Å². The number of piperazine rings is 1. The van der Waals surface area contributed by atoms with Gasteiger partial charge in [0.2, 0.25) is 0 Å². The van der Waals surface area contributed by atoms with Crippen LogP contribution in [0.1, 0.15) is 18.4 Å². The highest BCUT2D eigenvalue weighted by Gasteiger charge is 2.21. The highest BCUT2D eigenvalue weighted by atomic mass is 79.9. The number of aromatic amines is 1. The number of benzene rings is 2. The molecule has 2 aromatic carbocycles. The lowest BCUT2D eigenvalue weighted by atomic mass is 10.1. The van der Waals surface area contributed by atoms with Crippen LogP contribution in [0.15, 0.2) is 65.3 Å². The molecule has 37 heavy (non-hydrogen) atoms. The number of imidazole rings is 1. The van der Waals surface area contributed by atoms with Crippen molar-refractivity contribution in [2.45, 2.75) is 25.4 Å².